The summed E-state index contributed by atoms with van der Waals surface area (Å²) >= 11 is 0. The van der Waals surface area contributed by atoms with Gasteiger partial charge in [0.15, 0.2) is 0 Å². The highest BCUT2D eigenvalue weighted by Crippen LogP contribution is 2.42. The minimum atomic E-state index is -0.630. The number of nitrogens with zero attached hydrogens (tertiary/aromatic N) is 3. The second-order valence-corrected chi connectivity index (χ2v) is 9.37. The van der Waals surface area contributed by atoms with Crippen molar-refractivity contribution in [3.63, 3.8) is 0 Å². The number of aromatic nitrogens is 1. The van der Waals surface area contributed by atoms with Crippen molar-refractivity contribution in [1.82, 2.24) is 14.8 Å². The molecule has 0 unspecified atom stereocenters. The molecule has 0 spiro atoms. The third-order valence-corrected chi connectivity index (χ3v) is 6.79. The Bertz CT molecular complexity index is 1280. The average molecular weight is 477 g/mol. The van der Waals surface area contributed by atoms with E-state index in [0.29, 0.717) is 26.0 Å². The number of aromatic amines is 1. The minimum absolute atomic E-state index is 0.00998. The number of fused-ring (bicyclic) bond motifs is 4. The van der Waals surface area contributed by atoms with E-state index < -0.39 is 17.0 Å². The monoisotopic (exact) mass is 476 g/mol. The van der Waals surface area contributed by atoms with Crippen LogP contribution in [0.4, 0.5) is 5.69 Å². The van der Waals surface area contributed by atoms with Crippen molar-refractivity contribution in [1.29, 1.82) is 0 Å². The van der Waals surface area contributed by atoms with Gasteiger partial charge >= 0.3 is 0 Å². The van der Waals surface area contributed by atoms with Crippen LogP contribution >= 0.6 is 0 Å². The van der Waals surface area contributed by atoms with E-state index in [1.807, 2.05) is 38.1 Å². The van der Waals surface area contributed by atoms with E-state index in [1.165, 1.54) is 12.1 Å². The first-order chi connectivity index (χ1) is 16.8. The molecule has 2 aliphatic rings. The number of carbonyl (C=O) groups excluding carboxylic acids is 2. The fourth-order valence-electron chi connectivity index (χ4n) is 5.21. The first-order valence-corrected chi connectivity index (χ1v) is 11.9. The van der Waals surface area contributed by atoms with Crippen LogP contribution in [0.2, 0.25) is 0 Å². The zero-order valence-electron chi connectivity index (χ0n) is 19.8. The van der Waals surface area contributed by atoms with Gasteiger partial charge in [0.1, 0.15) is 6.04 Å². The summed E-state index contributed by atoms with van der Waals surface area (Å²) in [6.07, 6.45) is 1.20. The number of carbonyl (C=O) groups is 2. The maximum Gasteiger partial charge on any atom is 0.269 e. The summed E-state index contributed by atoms with van der Waals surface area (Å²) in [5, 5.41) is 12.2. The number of hydrogen-bond donors (Lipinski definition) is 1. The number of ether oxygens (including phenoxy) is 1. The zero-order valence-corrected chi connectivity index (χ0v) is 19.8. The molecule has 2 aliphatic heterocycles. The number of H-pyrrole nitrogens is 1. The molecule has 1 saturated heterocycles. The van der Waals surface area contributed by atoms with Crippen LogP contribution in [-0.4, -0.2) is 63.4 Å². The van der Waals surface area contributed by atoms with Gasteiger partial charge in [-0.15, -0.1) is 0 Å². The summed E-state index contributed by atoms with van der Waals surface area (Å²) in [6.45, 7) is 4.93. The van der Waals surface area contributed by atoms with Crippen molar-refractivity contribution in [3.8, 4) is 0 Å². The molecule has 0 bridgehead atoms. The zero-order chi connectivity index (χ0) is 24.7. The number of amides is 2. The molecule has 0 saturated carbocycles. The number of non-ortho nitro benzene ring substituents is 1. The molecule has 2 amide bonds. The van der Waals surface area contributed by atoms with Gasteiger partial charge in [0.2, 0.25) is 11.8 Å². The van der Waals surface area contributed by atoms with Gasteiger partial charge in [0.25, 0.3) is 5.69 Å². The standard InChI is InChI=1S/C26H28N4O5/c1-16(2)35-13-5-12-28-15-23(31)29-22(26(28)32)14-20-19-6-3-4-7-21(19)27-24(20)25(29)17-8-10-18(11-9-17)30(33)34/h3-4,6-11,16,22,25,27H,5,12-15H2,1-2H3/t22-,25-/m1/s1. The molecule has 3 aromatic rings. The Balaban J connectivity index is 1.53. The number of para-hydroxylation sites is 1. The van der Waals surface area contributed by atoms with Crippen LogP contribution in [-0.2, 0) is 20.7 Å². The van der Waals surface area contributed by atoms with Gasteiger partial charge in [0.05, 0.1) is 23.6 Å². The van der Waals surface area contributed by atoms with Gasteiger partial charge in [-0.25, -0.2) is 0 Å². The molecule has 35 heavy (non-hydrogen) atoms. The molecule has 2 atom stereocenters. The van der Waals surface area contributed by atoms with Crippen molar-refractivity contribution in [3.05, 3.63) is 75.5 Å². The van der Waals surface area contributed by atoms with E-state index in [1.54, 1.807) is 21.9 Å². The van der Waals surface area contributed by atoms with Crippen molar-refractivity contribution >= 4 is 28.4 Å². The Morgan fingerprint density at radius 1 is 1.14 bits per heavy atom. The Morgan fingerprint density at radius 2 is 1.89 bits per heavy atom. The van der Waals surface area contributed by atoms with Crippen LogP contribution in [0.15, 0.2) is 48.5 Å². The van der Waals surface area contributed by atoms with Gasteiger partial charge in [-0.1, -0.05) is 18.2 Å². The average Bonchev–Trinajstić information content (AvgIpc) is 3.21. The molecule has 3 heterocycles. The SMILES string of the molecule is CC(C)OCCCN1CC(=O)N2[C@H](c3ccc([N+](=O)[O-])cc3)c3[nH]c4ccccc4c3C[C@@H]2C1=O. The Labute approximate surface area is 202 Å². The topological polar surface area (TPSA) is 109 Å². The highest BCUT2D eigenvalue weighted by atomic mass is 16.6. The second-order valence-electron chi connectivity index (χ2n) is 9.37. The smallest absolute Gasteiger partial charge is 0.269 e. The van der Waals surface area contributed by atoms with Crippen molar-refractivity contribution in [2.45, 2.75) is 44.9 Å². The molecule has 182 valence electrons. The van der Waals surface area contributed by atoms with E-state index in [0.717, 1.165) is 27.7 Å². The normalized spacial score (nSPS) is 19.9. The van der Waals surface area contributed by atoms with Crippen molar-refractivity contribution in [2.24, 2.45) is 0 Å². The van der Waals surface area contributed by atoms with Gasteiger partial charge in [0, 0.05) is 48.3 Å². The summed E-state index contributed by atoms with van der Waals surface area (Å²) < 4.78 is 5.60. The third-order valence-electron chi connectivity index (χ3n) is 6.79. The van der Waals surface area contributed by atoms with Gasteiger partial charge in [-0.3, -0.25) is 19.7 Å². The lowest BCUT2D eigenvalue weighted by molar-refractivity contribution is -0.384. The maximum absolute atomic E-state index is 13.6. The van der Waals surface area contributed by atoms with Crippen LogP contribution in [0.1, 0.15) is 43.1 Å². The van der Waals surface area contributed by atoms with Gasteiger partial charge < -0.3 is 19.5 Å². The first kappa shape index (κ1) is 23.0. The Morgan fingerprint density at radius 3 is 2.60 bits per heavy atom. The number of nitro groups is 1. The predicted octanol–water partition coefficient (Wildman–Crippen LogP) is 3.58. The largest absolute Gasteiger partial charge is 0.379 e. The Kier molecular flexibility index (Phi) is 6.02. The van der Waals surface area contributed by atoms with Crippen LogP contribution in [0.3, 0.4) is 0 Å². The summed E-state index contributed by atoms with van der Waals surface area (Å²) in [5.74, 6) is -0.205. The quantitative estimate of drug-likeness (QED) is 0.319. The van der Waals surface area contributed by atoms with Crippen molar-refractivity contribution in [2.75, 3.05) is 19.7 Å². The highest BCUT2D eigenvalue weighted by Gasteiger charge is 2.48. The molecule has 0 aliphatic carbocycles. The fraction of sp³-hybridized carbons (Fsp3) is 0.385. The maximum atomic E-state index is 13.6. The summed E-state index contributed by atoms with van der Waals surface area (Å²) in [5.41, 5.74) is 3.52. The van der Waals surface area contributed by atoms with E-state index in [9.17, 15) is 19.7 Å². The molecule has 9 heteroatoms. The molecule has 1 aromatic heterocycles. The predicted molar refractivity (Wildman–Crippen MR) is 130 cm³/mol. The summed E-state index contributed by atoms with van der Waals surface area (Å²) in [6, 6.07) is 13.0. The molecule has 0 radical (unpaired) electrons. The van der Waals surface area contributed by atoms with Crippen molar-refractivity contribution < 1.29 is 19.2 Å². The molecule has 1 N–H and O–H groups in total. The van der Waals surface area contributed by atoms with E-state index in [4.69, 9.17) is 4.74 Å². The summed E-state index contributed by atoms with van der Waals surface area (Å²) in [4.78, 5) is 44.6. The van der Waals surface area contributed by atoms with Crippen LogP contribution in [0, 0.1) is 10.1 Å². The molecular formula is C26H28N4O5. The first-order valence-electron chi connectivity index (χ1n) is 11.9. The van der Waals surface area contributed by atoms with Crippen LogP contribution in [0.25, 0.3) is 10.9 Å². The van der Waals surface area contributed by atoms with Gasteiger partial charge in [-0.2, -0.15) is 0 Å². The highest BCUT2D eigenvalue weighted by molar-refractivity contribution is 5.97. The third kappa shape index (κ3) is 4.16. The number of hydrogen-bond acceptors (Lipinski definition) is 5. The van der Waals surface area contributed by atoms with Crippen LogP contribution in [0.5, 0.6) is 0 Å². The molecule has 5 rings (SSSR count). The lowest BCUT2D eigenvalue weighted by Crippen LogP contribution is -2.63. The molecular weight excluding hydrogens is 448 g/mol. The molecule has 2 aromatic carbocycles. The number of nitro benzene ring substituents is 1. The lowest BCUT2D eigenvalue weighted by Gasteiger charge is -2.47. The number of rotatable bonds is 7. The second kappa shape index (κ2) is 9.14. The van der Waals surface area contributed by atoms with E-state index in [-0.39, 0.29) is 30.2 Å². The molecule has 9 nitrogen and oxygen atoms in total. The molecule has 1 fully saturated rings. The minimum Gasteiger partial charge on any atom is -0.379 e. The summed E-state index contributed by atoms with van der Waals surface area (Å²) in [7, 11) is 0. The fourth-order valence-corrected chi connectivity index (χ4v) is 5.21. The van der Waals surface area contributed by atoms with Gasteiger partial charge in [-0.05, 0) is 49.6 Å². The van der Waals surface area contributed by atoms with Crippen LogP contribution < -0.4 is 0 Å². The van der Waals surface area contributed by atoms with E-state index >= 15 is 0 Å². The van der Waals surface area contributed by atoms with E-state index in [2.05, 4.69) is 4.98 Å². The lowest BCUT2D eigenvalue weighted by atomic mass is 9.86. The Hall–Kier alpha value is -3.72. The number of nitrogens with one attached hydrogen (secondary N) is 1. The number of benzene rings is 2. The number of piperazine rings is 1.